The minimum Gasteiger partial charge on any atom is -0.508 e. The van der Waals surface area contributed by atoms with Crippen molar-refractivity contribution < 1.29 is 14.6 Å². The van der Waals surface area contributed by atoms with Crippen LogP contribution in [0.5, 0.6) is 11.5 Å². The van der Waals surface area contributed by atoms with E-state index in [1.807, 2.05) is 37.3 Å². The van der Waals surface area contributed by atoms with E-state index in [1.54, 1.807) is 6.07 Å². The third-order valence-electron chi connectivity index (χ3n) is 3.41. The normalized spacial score (nSPS) is 10.5. The number of ether oxygens (including phenoxy) is 1. The molecule has 0 saturated carbocycles. The van der Waals surface area contributed by atoms with Gasteiger partial charge in [0.15, 0.2) is 0 Å². The maximum absolute atomic E-state index is 12.2. The third kappa shape index (κ3) is 2.58. The van der Waals surface area contributed by atoms with Crippen molar-refractivity contribution in [3.05, 3.63) is 71.8 Å². The van der Waals surface area contributed by atoms with Gasteiger partial charge in [0.1, 0.15) is 11.5 Å². The van der Waals surface area contributed by atoms with Gasteiger partial charge in [-0.2, -0.15) is 0 Å². The Morgan fingerprint density at radius 2 is 1.57 bits per heavy atom. The molecule has 0 aliphatic heterocycles. The van der Waals surface area contributed by atoms with Crippen LogP contribution in [0.4, 0.5) is 0 Å². The molecule has 0 fully saturated rings. The summed E-state index contributed by atoms with van der Waals surface area (Å²) < 4.78 is 5.49. The van der Waals surface area contributed by atoms with Gasteiger partial charge in [0, 0.05) is 5.39 Å². The number of carbonyl (C=O) groups is 1. The van der Waals surface area contributed by atoms with E-state index in [9.17, 15) is 9.90 Å². The second kappa shape index (κ2) is 5.29. The first kappa shape index (κ1) is 13.2. The van der Waals surface area contributed by atoms with Crippen LogP contribution in [-0.4, -0.2) is 11.1 Å². The van der Waals surface area contributed by atoms with Crippen LogP contribution >= 0.6 is 0 Å². The first-order valence-electron chi connectivity index (χ1n) is 6.65. The minimum atomic E-state index is -0.441. The van der Waals surface area contributed by atoms with Crippen LogP contribution in [0, 0.1) is 6.92 Å². The predicted octanol–water partition coefficient (Wildman–Crippen LogP) is 4.07. The fourth-order valence-electron chi connectivity index (χ4n) is 2.28. The van der Waals surface area contributed by atoms with Gasteiger partial charge in [0.25, 0.3) is 0 Å². The maximum Gasteiger partial charge on any atom is 0.343 e. The Bertz CT molecular complexity index is 804. The van der Waals surface area contributed by atoms with Crippen molar-refractivity contribution >= 4 is 16.7 Å². The Labute approximate surface area is 122 Å². The molecular formula is C18H14O3. The molecule has 3 aromatic rings. The van der Waals surface area contributed by atoms with Crippen molar-refractivity contribution in [1.82, 2.24) is 0 Å². The smallest absolute Gasteiger partial charge is 0.343 e. The summed E-state index contributed by atoms with van der Waals surface area (Å²) in [5.41, 5.74) is 1.53. The fraction of sp³-hybridized carbons (Fsp3) is 0.0556. The number of hydrogen-bond acceptors (Lipinski definition) is 3. The number of hydrogen-bond donors (Lipinski definition) is 1. The van der Waals surface area contributed by atoms with Crippen LogP contribution in [0.15, 0.2) is 60.7 Å². The number of aromatic hydroxyl groups is 1. The lowest BCUT2D eigenvalue weighted by Crippen LogP contribution is -2.08. The summed E-state index contributed by atoms with van der Waals surface area (Å²) in [4.78, 5) is 12.2. The van der Waals surface area contributed by atoms with Crippen molar-refractivity contribution in [2.24, 2.45) is 0 Å². The summed E-state index contributed by atoms with van der Waals surface area (Å²) >= 11 is 0. The van der Waals surface area contributed by atoms with Crippen molar-refractivity contribution in [1.29, 1.82) is 0 Å². The summed E-state index contributed by atoms with van der Waals surface area (Å²) in [5, 5.41) is 11.2. The molecule has 0 radical (unpaired) electrons. The molecule has 0 bridgehead atoms. The molecule has 3 heteroatoms. The van der Waals surface area contributed by atoms with Crippen LogP contribution < -0.4 is 4.74 Å². The van der Waals surface area contributed by atoms with Gasteiger partial charge < -0.3 is 9.84 Å². The van der Waals surface area contributed by atoms with Crippen molar-refractivity contribution in [2.45, 2.75) is 6.92 Å². The summed E-state index contributed by atoms with van der Waals surface area (Å²) in [7, 11) is 0. The zero-order valence-corrected chi connectivity index (χ0v) is 11.5. The van der Waals surface area contributed by atoms with E-state index in [2.05, 4.69) is 0 Å². The van der Waals surface area contributed by atoms with E-state index in [0.717, 1.165) is 16.3 Å². The van der Waals surface area contributed by atoms with Crippen LogP contribution in [0.1, 0.15) is 15.9 Å². The number of carbonyl (C=O) groups excluding carboxylic acids is 1. The van der Waals surface area contributed by atoms with Gasteiger partial charge in [0.05, 0.1) is 5.56 Å². The standard InChI is InChI=1S/C18H14O3/c1-12-4-2-6-16-15(12)5-3-7-17(16)21-18(20)13-8-10-14(19)11-9-13/h2-11,19H,1H3. The number of aryl methyl sites for hydroxylation is 1. The highest BCUT2D eigenvalue weighted by Gasteiger charge is 2.11. The molecule has 3 nitrogen and oxygen atoms in total. The molecule has 3 aromatic carbocycles. The molecule has 0 aliphatic rings. The molecule has 1 N–H and O–H groups in total. The highest BCUT2D eigenvalue weighted by molar-refractivity contribution is 5.96. The summed E-state index contributed by atoms with van der Waals surface area (Å²) in [5.74, 6) is 0.214. The maximum atomic E-state index is 12.2. The van der Waals surface area contributed by atoms with E-state index in [1.165, 1.54) is 24.3 Å². The number of fused-ring (bicyclic) bond motifs is 1. The zero-order chi connectivity index (χ0) is 14.8. The van der Waals surface area contributed by atoms with Gasteiger partial charge in [0.2, 0.25) is 0 Å². The predicted molar refractivity (Wildman–Crippen MR) is 81.8 cm³/mol. The SMILES string of the molecule is Cc1cccc2c(OC(=O)c3ccc(O)cc3)cccc12. The van der Waals surface area contributed by atoms with Crippen LogP contribution in [0.2, 0.25) is 0 Å². The molecule has 0 aromatic heterocycles. The molecular weight excluding hydrogens is 264 g/mol. The van der Waals surface area contributed by atoms with Gasteiger partial charge in [-0.25, -0.2) is 4.79 Å². The number of esters is 1. The fourth-order valence-corrected chi connectivity index (χ4v) is 2.28. The molecule has 104 valence electrons. The van der Waals surface area contributed by atoms with Crippen molar-refractivity contribution in [3.8, 4) is 11.5 Å². The first-order chi connectivity index (χ1) is 10.1. The molecule has 21 heavy (non-hydrogen) atoms. The Morgan fingerprint density at radius 3 is 2.33 bits per heavy atom. The highest BCUT2D eigenvalue weighted by atomic mass is 16.5. The molecule has 0 heterocycles. The summed E-state index contributed by atoms with van der Waals surface area (Å²) in [6.07, 6.45) is 0. The average molecular weight is 278 g/mol. The highest BCUT2D eigenvalue weighted by Crippen LogP contribution is 2.28. The van der Waals surface area contributed by atoms with Gasteiger partial charge in [-0.05, 0) is 48.2 Å². The zero-order valence-electron chi connectivity index (χ0n) is 11.5. The van der Waals surface area contributed by atoms with E-state index >= 15 is 0 Å². The Morgan fingerprint density at radius 1 is 0.905 bits per heavy atom. The summed E-state index contributed by atoms with van der Waals surface area (Å²) in [6.45, 7) is 2.02. The topological polar surface area (TPSA) is 46.5 Å². The molecule has 0 atom stereocenters. The lowest BCUT2D eigenvalue weighted by Gasteiger charge is -2.09. The van der Waals surface area contributed by atoms with Crippen LogP contribution in [0.25, 0.3) is 10.8 Å². The molecule has 0 unspecified atom stereocenters. The van der Waals surface area contributed by atoms with E-state index in [4.69, 9.17) is 4.74 Å². The number of phenolic OH excluding ortho intramolecular Hbond substituents is 1. The average Bonchev–Trinajstić information content (AvgIpc) is 2.49. The van der Waals surface area contributed by atoms with E-state index in [-0.39, 0.29) is 5.75 Å². The van der Waals surface area contributed by atoms with Crippen LogP contribution in [-0.2, 0) is 0 Å². The number of rotatable bonds is 2. The first-order valence-corrected chi connectivity index (χ1v) is 6.65. The minimum absolute atomic E-state index is 0.118. The molecule has 0 amide bonds. The second-order valence-corrected chi connectivity index (χ2v) is 4.86. The summed E-state index contributed by atoms with van der Waals surface area (Å²) in [6, 6.07) is 17.5. The monoisotopic (exact) mass is 278 g/mol. The van der Waals surface area contributed by atoms with Gasteiger partial charge in [-0.1, -0.05) is 30.3 Å². The quantitative estimate of drug-likeness (QED) is 0.567. The molecule has 3 rings (SSSR count). The molecule has 0 spiro atoms. The third-order valence-corrected chi connectivity index (χ3v) is 3.41. The van der Waals surface area contributed by atoms with Gasteiger partial charge in [-0.15, -0.1) is 0 Å². The Balaban J connectivity index is 1.96. The Kier molecular flexibility index (Phi) is 3.32. The largest absolute Gasteiger partial charge is 0.508 e. The Hall–Kier alpha value is -2.81. The molecule has 0 aliphatic carbocycles. The number of phenols is 1. The van der Waals surface area contributed by atoms with Crippen molar-refractivity contribution in [3.63, 3.8) is 0 Å². The van der Waals surface area contributed by atoms with Gasteiger partial charge in [-0.3, -0.25) is 0 Å². The van der Waals surface area contributed by atoms with E-state index in [0.29, 0.717) is 11.3 Å². The number of benzene rings is 3. The second-order valence-electron chi connectivity index (χ2n) is 4.86. The van der Waals surface area contributed by atoms with Crippen LogP contribution in [0.3, 0.4) is 0 Å². The van der Waals surface area contributed by atoms with Gasteiger partial charge >= 0.3 is 5.97 Å². The molecule has 0 saturated heterocycles. The van der Waals surface area contributed by atoms with Crippen molar-refractivity contribution in [2.75, 3.05) is 0 Å². The lowest BCUT2D eigenvalue weighted by molar-refractivity contribution is 0.0737. The lowest BCUT2D eigenvalue weighted by atomic mass is 10.1. The van der Waals surface area contributed by atoms with E-state index < -0.39 is 5.97 Å².